The highest BCUT2D eigenvalue weighted by Gasteiger charge is 1.88. The van der Waals surface area contributed by atoms with Crippen molar-refractivity contribution in [3.8, 4) is 5.75 Å². The first kappa shape index (κ1) is 11.7. The lowest BCUT2D eigenvalue weighted by molar-refractivity contribution is 0.463. The number of aromatic hydroxyl groups is 1. The van der Waals surface area contributed by atoms with Crippen molar-refractivity contribution in [2.24, 2.45) is 0 Å². The Morgan fingerprint density at radius 3 is 1.73 bits per heavy atom. The second-order valence-corrected chi connectivity index (χ2v) is 3.63. The standard InChI is InChI=1S/C7H8.C6H6OS/c1-7-5-3-2-4-6-7;7-5-3-1-2-4-6(5)8/h2-6H,1H3;1-4,7-8H. The van der Waals surface area contributed by atoms with Crippen LogP contribution in [0.15, 0.2) is 59.5 Å². The molecule has 1 N–H and O–H groups in total. The molecule has 0 heterocycles. The monoisotopic (exact) mass is 218 g/mol. The Bertz CT molecular complexity index is 377. The molecule has 15 heavy (non-hydrogen) atoms. The summed E-state index contributed by atoms with van der Waals surface area (Å²) >= 11 is 3.95. The van der Waals surface area contributed by atoms with Gasteiger partial charge in [-0.2, -0.15) is 0 Å². The van der Waals surface area contributed by atoms with Crippen molar-refractivity contribution in [3.05, 3.63) is 60.2 Å². The van der Waals surface area contributed by atoms with Crippen LogP contribution in [-0.2, 0) is 0 Å². The smallest absolute Gasteiger partial charge is 0.128 e. The molecule has 2 aromatic rings. The first-order chi connectivity index (χ1) is 7.20. The molecule has 0 bridgehead atoms. The number of aryl methyl sites for hydroxylation is 1. The van der Waals surface area contributed by atoms with Gasteiger partial charge in [0, 0.05) is 4.90 Å². The van der Waals surface area contributed by atoms with Crippen molar-refractivity contribution < 1.29 is 5.11 Å². The van der Waals surface area contributed by atoms with Crippen molar-refractivity contribution in [2.75, 3.05) is 0 Å². The SMILES string of the molecule is Cc1ccccc1.Oc1ccccc1S. The maximum atomic E-state index is 8.84. The van der Waals surface area contributed by atoms with Crippen LogP contribution in [0.3, 0.4) is 0 Å². The van der Waals surface area contributed by atoms with Crippen LogP contribution in [-0.4, -0.2) is 5.11 Å². The van der Waals surface area contributed by atoms with Crippen LogP contribution in [0.4, 0.5) is 0 Å². The van der Waals surface area contributed by atoms with Gasteiger partial charge in [-0.3, -0.25) is 0 Å². The minimum Gasteiger partial charge on any atom is -0.507 e. The number of hydrogen-bond donors (Lipinski definition) is 2. The second-order valence-electron chi connectivity index (χ2n) is 3.14. The summed E-state index contributed by atoms with van der Waals surface area (Å²) in [5, 5.41) is 8.84. The predicted molar refractivity (Wildman–Crippen MR) is 66.5 cm³/mol. The number of thiol groups is 1. The maximum Gasteiger partial charge on any atom is 0.128 e. The lowest BCUT2D eigenvalue weighted by Gasteiger charge is -1.91. The van der Waals surface area contributed by atoms with Crippen molar-refractivity contribution in [3.63, 3.8) is 0 Å². The third kappa shape index (κ3) is 4.56. The van der Waals surface area contributed by atoms with Gasteiger partial charge in [-0.15, -0.1) is 12.6 Å². The summed E-state index contributed by atoms with van der Waals surface area (Å²) in [5.41, 5.74) is 1.32. The quantitative estimate of drug-likeness (QED) is 0.646. The molecule has 0 aromatic heterocycles. The molecule has 0 aliphatic carbocycles. The molecule has 2 rings (SSSR count). The number of hydrogen-bond acceptors (Lipinski definition) is 2. The summed E-state index contributed by atoms with van der Waals surface area (Å²) in [6.07, 6.45) is 0. The molecule has 0 spiro atoms. The fourth-order valence-electron chi connectivity index (χ4n) is 0.999. The van der Waals surface area contributed by atoms with E-state index in [1.54, 1.807) is 18.2 Å². The van der Waals surface area contributed by atoms with E-state index in [-0.39, 0.29) is 5.75 Å². The summed E-state index contributed by atoms with van der Waals surface area (Å²) in [6.45, 7) is 2.08. The van der Waals surface area contributed by atoms with Crippen molar-refractivity contribution in [2.45, 2.75) is 11.8 Å². The Labute approximate surface area is 95.8 Å². The van der Waals surface area contributed by atoms with E-state index in [1.165, 1.54) is 5.56 Å². The largest absolute Gasteiger partial charge is 0.507 e. The Morgan fingerprint density at radius 2 is 1.40 bits per heavy atom. The molecule has 2 heteroatoms. The van der Waals surface area contributed by atoms with Gasteiger partial charge in [0.25, 0.3) is 0 Å². The van der Waals surface area contributed by atoms with Gasteiger partial charge < -0.3 is 5.11 Å². The third-order valence-electron chi connectivity index (χ3n) is 1.82. The van der Waals surface area contributed by atoms with Crippen LogP contribution in [0.2, 0.25) is 0 Å². The highest BCUT2D eigenvalue weighted by molar-refractivity contribution is 7.80. The molecule has 0 saturated heterocycles. The highest BCUT2D eigenvalue weighted by Crippen LogP contribution is 2.18. The molecule has 0 aliphatic heterocycles. The minimum absolute atomic E-state index is 0.232. The van der Waals surface area contributed by atoms with E-state index in [0.29, 0.717) is 4.90 Å². The van der Waals surface area contributed by atoms with Gasteiger partial charge in [0.05, 0.1) is 0 Å². The van der Waals surface area contributed by atoms with E-state index in [2.05, 4.69) is 31.7 Å². The molecule has 0 unspecified atom stereocenters. The second kappa shape index (κ2) is 6.14. The van der Waals surface area contributed by atoms with Crippen LogP contribution >= 0.6 is 12.6 Å². The van der Waals surface area contributed by atoms with Crippen LogP contribution in [0.5, 0.6) is 5.75 Å². The minimum atomic E-state index is 0.232. The highest BCUT2D eigenvalue weighted by atomic mass is 32.1. The molecule has 0 atom stereocenters. The lowest BCUT2D eigenvalue weighted by atomic mass is 10.2. The topological polar surface area (TPSA) is 20.2 Å². The van der Waals surface area contributed by atoms with E-state index in [9.17, 15) is 0 Å². The van der Waals surface area contributed by atoms with Gasteiger partial charge in [0.15, 0.2) is 0 Å². The van der Waals surface area contributed by atoms with Crippen LogP contribution in [0.1, 0.15) is 5.56 Å². The fourth-order valence-corrected chi connectivity index (χ4v) is 1.16. The number of benzene rings is 2. The van der Waals surface area contributed by atoms with Crippen molar-refractivity contribution >= 4 is 12.6 Å². The van der Waals surface area contributed by atoms with Crippen molar-refractivity contribution in [1.29, 1.82) is 0 Å². The van der Waals surface area contributed by atoms with Gasteiger partial charge in [-0.25, -0.2) is 0 Å². The van der Waals surface area contributed by atoms with E-state index < -0.39 is 0 Å². The molecule has 1 nitrogen and oxygen atoms in total. The summed E-state index contributed by atoms with van der Waals surface area (Å²) in [6, 6.07) is 17.2. The number of para-hydroxylation sites is 1. The Hall–Kier alpha value is -1.41. The Kier molecular flexibility index (Phi) is 4.78. The molecule has 78 valence electrons. The van der Waals surface area contributed by atoms with Crippen LogP contribution in [0.25, 0.3) is 0 Å². The molecular weight excluding hydrogens is 204 g/mol. The van der Waals surface area contributed by atoms with Gasteiger partial charge in [-0.1, -0.05) is 48.0 Å². The zero-order valence-electron chi connectivity index (χ0n) is 8.59. The first-order valence-corrected chi connectivity index (χ1v) is 5.13. The van der Waals surface area contributed by atoms with Gasteiger partial charge in [-0.05, 0) is 19.1 Å². The van der Waals surface area contributed by atoms with Gasteiger partial charge in [0.1, 0.15) is 5.75 Å². The Morgan fingerprint density at radius 1 is 0.867 bits per heavy atom. The summed E-state index contributed by atoms with van der Waals surface area (Å²) in [4.78, 5) is 0.618. The van der Waals surface area contributed by atoms with E-state index in [1.807, 2.05) is 24.3 Å². The molecule has 0 amide bonds. The zero-order chi connectivity index (χ0) is 11.1. The predicted octanol–water partition coefficient (Wildman–Crippen LogP) is 3.68. The molecular formula is C13H14OS. The average molecular weight is 218 g/mol. The normalized spacial score (nSPS) is 8.93. The molecule has 0 saturated carbocycles. The summed E-state index contributed by atoms with van der Waals surface area (Å²) in [5.74, 6) is 0.232. The molecule has 0 aliphatic rings. The van der Waals surface area contributed by atoms with Crippen molar-refractivity contribution in [1.82, 2.24) is 0 Å². The number of phenols is 1. The van der Waals surface area contributed by atoms with E-state index >= 15 is 0 Å². The lowest BCUT2D eigenvalue weighted by Crippen LogP contribution is -1.64. The summed E-state index contributed by atoms with van der Waals surface area (Å²) < 4.78 is 0. The maximum absolute atomic E-state index is 8.84. The number of phenolic OH excluding ortho intramolecular Hbond substituents is 1. The van der Waals surface area contributed by atoms with Crippen LogP contribution < -0.4 is 0 Å². The molecule has 2 aromatic carbocycles. The summed E-state index contributed by atoms with van der Waals surface area (Å²) in [7, 11) is 0. The number of rotatable bonds is 0. The van der Waals surface area contributed by atoms with Gasteiger partial charge in [0.2, 0.25) is 0 Å². The Balaban J connectivity index is 0.000000151. The first-order valence-electron chi connectivity index (χ1n) is 4.69. The van der Waals surface area contributed by atoms with Crippen LogP contribution in [0, 0.1) is 6.92 Å². The molecule has 0 fully saturated rings. The van der Waals surface area contributed by atoms with E-state index in [0.717, 1.165) is 0 Å². The zero-order valence-corrected chi connectivity index (χ0v) is 9.49. The molecule has 0 radical (unpaired) electrons. The van der Waals surface area contributed by atoms with E-state index in [4.69, 9.17) is 5.11 Å². The van der Waals surface area contributed by atoms with Gasteiger partial charge >= 0.3 is 0 Å². The third-order valence-corrected chi connectivity index (χ3v) is 2.20. The fraction of sp³-hybridized carbons (Fsp3) is 0.0769. The average Bonchev–Trinajstić information content (AvgIpc) is 2.25.